The van der Waals surface area contributed by atoms with E-state index in [4.69, 9.17) is 4.52 Å². The number of nitrogens with zero attached hydrogens (tertiary/aromatic N) is 1. The highest BCUT2D eigenvalue weighted by atomic mass is 16.5. The first kappa shape index (κ1) is 9.71. The van der Waals surface area contributed by atoms with Crippen LogP contribution in [0.15, 0.2) is 10.7 Å². The lowest BCUT2D eigenvalue weighted by Crippen LogP contribution is -2.33. The Labute approximate surface area is 84.9 Å². The van der Waals surface area contributed by atoms with Crippen LogP contribution in [0.1, 0.15) is 37.5 Å². The normalized spacial score (nSPS) is 24.6. The minimum absolute atomic E-state index is 0.349. The number of likely N-dealkylation sites (N-methyl/N-ethyl adjacent to an activating group) is 1. The van der Waals surface area contributed by atoms with Gasteiger partial charge in [0.1, 0.15) is 5.76 Å². The van der Waals surface area contributed by atoms with Crippen molar-refractivity contribution in [1.29, 1.82) is 0 Å². The van der Waals surface area contributed by atoms with Crippen LogP contribution >= 0.6 is 0 Å². The van der Waals surface area contributed by atoms with Gasteiger partial charge in [0.25, 0.3) is 0 Å². The van der Waals surface area contributed by atoms with E-state index in [2.05, 4.69) is 24.3 Å². The molecule has 1 aromatic heterocycles. The van der Waals surface area contributed by atoms with Crippen LogP contribution in [0, 0.1) is 5.41 Å². The van der Waals surface area contributed by atoms with Gasteiger partial charge in [0.15, 0.2) is 0 Å². The first-order valence-electron chi connectivity index (χ1n) is 5.23. The Bertz CT molecular complexity index is 317. The van der Waals surface area contributed by atoms with Gasteiger partial charge in [-0.15, -0.1) is 0 Å². The van der Waals surface area contributed by atoms with Crippen LogP contribution in [-0.2, 0) is 6.42 Å². The first-order valence-corrected chi connectivity index (χ1v) is 5.23. The van der Waals surface area contributed by atoms with E-state index in [0.29, 0.717) is 11.3 Å². The van der Waals surface area contributed by atoms with E-state index in [-0.39, 0.29) is 0 Å². The van der Waals surface area contributed by atoms with Crippen molar-refractivity contribution in [3.8, 4) is 0 Å². The second kappa shape index (κ2) is 3.39. The molecule has 0 aliphatic heterocycles. The van der Waals surface area contributed by atoms with E-state index in [1.54, 1.807) is 0 Å². The number of fused-ring (bicyclic) bond motifs is 1. The fraction of sp³-hybridized carbons (Fsp3) is 0.727. The van der Waals surface area contributed by atoms with Gasteiger partial charge in [0, 0.05) is 24.4 Å². The molecular formula is C11H18N2O. The molecule has 1 aliphatic rings. The fourth-order valence-electron chi connectivity index (χ4n) is 2.37. The summed E-state index contributed by atoms with van der Waals surface area (Å²) < 4.78 is 5.25. The van der Waals surface area contributed by atoms with E-state index in [9.17, 15) is 0 Å². The molecule has 0 amide bonds. The highest BCUT2D eigenvalue weighted by molar-refractivity contribution is 5.25. The summed E-state index contributed by atoms with van der Waals surface area (Å²) in [6.45, 7) is 5.65. The molecule has 0 bridgehead atoms. The number of aromatic nitrogens is 1. The zero-order valence-electron chi connectivity index (χ0n) is 9.13. The van der Waals surface area contributed by atoms with Crippen LogP contribution in [-0.4, -0.2) is 18.7 Å². The average Bonchev–Trinajstić information content (AvgIpc) is 2.58. The third-order valence-corrected chi connectivity index (χ3v) is 3.40. The molecule has 0 saturated carbocycles. The Morgan fingerprint density at radius 2 is 2.43 bits per heavy atom. The third-order valence-electron chi connectivity index (χ3n) is 3.40. The molecule has 1 atom stereocenters. The van der Waals surface area contributed by atoms with Gasteiger partial charge in [-0.05, 0) is 18.9 Å². The average molecular weight is 194 g/mol. The topological polar surface area (TPSA) is 38.1 Å². The van der Waals surface area contributed by atoms with Crippen LogP contribution < -0.4 is 5.32 Å². The maximum atomic E-state index is 5.25. The predicted molar refractivity (Wildman–Crippen MR) is 55.3 cm³/mol. The summed E-state index contributed by atoms with van der Waals surface area (Å²) in [4.78, 5) is 0. The summed E-state index contributed by atoms with van der Waals surface area (Å²) in [5.41, 5.74) is 1.65. The number of aryl methyl sites for hydroxylation is 1. The molecule has 2 rings (SSSR count). The van der Waals surface area contributed by atoms with Gasteiger partial charge in [0.2, 0.25) is 0 Å². The van der Waals surface area contributed by atoms with Crippen LogP contribution in [0.25, 0.3) is 0 Å². The Balaban J connectivity index is 2.33. The Morgan fingerprint density at radius 3 is 3.14 bits per heavy atom. The molecule has 0 radical (unpaired) electrons. The Hall–Kier alpha value is -0.830. The van der Waals surface area contributed by atoms with Crippen LogP contribution in [0.4, 0.5) is 0 Å². The van der Waals surface area contributed by atoms with Gasteiger partial charge in [-0.1, -0.05) is 19.0 Å². The zero-order chi connectivity index (χ0) is 10.2. The molecule has 78 valence electrons. The number of hydrogen-bond acceptors (Lipinski definition) is 3. The summed E-state index contributed by atoms with van der Waals surface area (Å²) in [7, 11) is 2.00. The lowest BCUT2D eigenvalue weighted by Gasteiger charge is -2.37. The van der Waals surface area contributed by atoms with Crippen molar-refractivity contribution in [2.24, 2.45) is 5.41 Å². The minimum atomic E-state index is 0.349. The Morgan fingerprint density at radius 1 is 1.64 bits per heavy atom. The molecule has 0 saturated heterocycles. The molecule has 3 heteroatoms. The van der Waals surface area contributed by atoms with Crippen LogP contribution in [0.2, 0.25) is 0 Å². The maximum Gasteiger partial charge on any atom is 0.140 e. The van der Waals surface area contributed by atoms with Gasteiger partial charge in [-0.3, -0.25) is 0 Å². The van der Waals surface area contributed by atoms with E-state index in [1.807, 2.05) is 13.2 Å². The molecule has 1 heterocycles. The second-order valence-corrected chi connectivity index (χ2v) is 4.80. The van der Waals surface area contributed by atoms with Crippen molar-refractivity contribution < 1.29 is 4.52 Å². The highest BCUT2D eigenvalue weighted by Crippen LogP contribution is 2.44. The molecule has 14 heavy (non-hydrogen) atoms. The molecule has 3 nitrogen and oxygen atoms in total. The molecule has 1 aliphatic carbocycles. The summed E-state index contributed by atoms with van der Waals surface area (Å²) in [6, 6.07) is 0. The van der Waals surface area contributed by atoms with Gasteiger partial charge >= 0.3 is 0 Å². The second-order valence-electron chi connectivity index (χ2n) is 4.80. The number of hydrogen-bond donors (Lipinski definition) is 1. The zero-order valence-corrected chi connectivity index (χ0v) is 9.13. The lowest BCUT2D eigenvalue weighted by atomic mass is 9.68. The summed E-state index contributed by atoms with van der Waals surface area (Å²) in [5, 5.41) is 7.15. The molecule has 0 fully saturated rings. The van der Waals surface area contributed by atoms with E-state index in [0.717, 1.165) is 18.7 Å². The van der Waals surface area contributed by atoms with Crippen molar-refractivity contribution in [2.75, 3.05) is 13.6 Å². The van der Waals surface area contributed by atoms with Gasteiger partial charge in [-0.2, -0.15) is 0 Å². The predicted octanol–water partition coefficient (Wildman–Crippen LogP) is 1.95. The quantitative estimate of drug-likeness (QED) is 0.782. The van der Waals surface area contributed by atoms with Crippen molar-refractivity contribution in [2.45, 2.75) is 32.6 Å². The Kier molecular flexibility index (Phi) is 2.35. The standard InChI is InChI=1S/C11H18N2O/c1-11(2)5-4-10-8(6-13-14-10)9(11)7-12-3/h6,9,12H,4-5,7H2,1-3H3. The first-order chi connectivity index (χ1) is 6.65. The maximum absolute atomic E-state index is 5.25. The van der Waals surface area contributed by atoms with E-state index < -0.39 is 0 Å². The third kappa shape index (κ3) is 1.46. The summed E-state index contributed by atoms with van der Waals surface area (Å²) >= 11 is 0. The molecule has 1 N–H and O–H groups in total. The van der Waals surface area contributed by atoms with Crippen LogP contribution in [0.5, 0.6) is 0 Å². The highest BCUT2D eigenvalue weighted by Gasteiger charge is 2.37. The molecule has 1 unspecified atom stereocenters. The number of rotatable bonds is 2. The van der Waals surface area contributed by atoms with E-state index >= 15 is 0 Å². The lowest BCUT2D eigenvalue weighted by molar-refractivity contribution is 0.223. The molecular weight excluding hydrogens is 176 g/mol. The molecule has 0 aromatic carbocycles. The van der Waals surface area contributed by atoms with E-state index in [1.165, 1.54) is 12.0 Å². The van der Waals surface area contributed by atoms with Crippen molar-refractivity contribution in [1.82, 2.24) is 10.5 Å². The summed E-state index contributed by atoms with van der Waals surface area (Å²) in [5.74, 6) is 1.62. The molecule has 1 aromatic rings. The summed E-state index contributed by atoms with van der Waals surface area (Å²) in [6.07, 6.45) is 4.10. The molecule has 0 spiro atoms. The van der Waals surface area contributed by atoms with Crippen molar-refractivity contribution >= 4 is 0 Å². The van der Waals surface area contributed by atoms with Gasteiger partial charge in [0.05, 0.1) is 6.20 Å². The smallest absolute Gasteiger partial charge is 0.140 e. The van der Waals surface area contributed by atoms with Gasteiger partial charge < -0.3 is 9.84 Å². The minimum Gasteiger partial charge on any atom is -0.361 e. The van der Waals surface area contributed by atoms with Crippen molar-refractivity contribution in [3.63, 3.8) is 0 Å². The van der Waals surface area contributed by atoms with Crippen LogP contribution in [0.3, 0.4) is 0 Å². The van der Waals surface area contributed by atoms with Gasteiger partial charge in [-0.25, -0.2) is 0 Å². The fourth-order valence-corrected chi connectivity index (χ4v) is 2.37. The number of nitrogens with one attached hydrogen (secondary N) is 1. The monoisotopic (exact) mass is 194 g/mol. The van der Waals surface area contributed by atoms with Crippen molar-refractivity contribution in [3.05, 3.63) is 17.5 Å². The SMILES string of the molecule is CNCC1c2cnoc2CCC1(C)C. The largest absolute Gasteiger partial charge is 0.361 e.